The van der Waals surface area contributed by atoms with Crippen molar-refractivity contribution in [3.8, 4) is 11.5 Å². The molecule has 6 nitrogen and oxygen atoms in total. The van der Waals surface area contributed by atoms with Gasteiger partial charge in [-0.3, -0.25) is 9.78 Å². The molecule has 1 rings (SSSR count). The molecule has 0 unspecified atom stereocenters. The second-order valence-electron chi connectivity index (χ2n) is 3.40. The first-order chi connectivity index (χ1) is 8.72. The molecule has 0 atom stereocenters. The van der Waals surface area contributed by atoms with Gasteiger partial charge in [0.25, 0.3) is 0 Å². The first-order valence-electron chi connectivity index (χ1n) is 5.65. The van der Waals surface area contributed by atoms with E-state index >= 15 is 0 Å². The van der Waals surface area contributed by atoms with Crippen LogP contribution in [0.1, 0.15) is 12.6 Å². The van der Waals surface area contributed by atoms with Gasteiger partial charge in [0.15, 0.2) is 11.5 Å². The lowest BCUT2D eigenvalue weighted by Crippen LogP contribution is -2.25. The van der Waals surface area contributed by atoms with E-state index in [0.717, 1.165) is 0 Å². The van der Waals surface area contributed by atoms with E-state index < -0.39 is 0 Å². The van der Waals surface area contributed by atoms with Crippen LogP contribution in [0.25, 0.3) is 0 Å². The number of carbonyl (C=O) groups excluding carboxylic acids is 1. The summed E-state index contributed by atoms with van der Waals surface area (Å²) in [4.78, 5) is 15.3. The van der Waals surface area contributed by atoms with Crippen LogP contribution in [0.3, 0.4) is 0 Å². The minimum Gasteiger partial charge on any atom is -0.493 e. The summed E-state index contributed by atoms with van der Waals surface area (Å²) in [6.07, 6.45) is 1.63. The summed E-state index contributed by atoms with van der Waals surface area (Å²) in [7, 11) is 3.11. The third-order valence-corrected chi connectivity index (χ3v) is 2.23. The Labute approximate surface area is 106 Å². The number of ether oxygens (including phenoxy) is 3. The molecule has 0 aliphatic heterocycles. The molecule has 0 saturated carbocycles. The quantitative estimate of drug-likeness (QED) is 0.724. The molecule has 0 aromatic carbocycles. The van der Waals surface area contributed by atoms with Crippen LogP contribution in [0.5, 0.6) is 11.5 Å². The number of esters is 1. The molecule has 1 N–H and O–H groups in total. The Morgan fingerprint density at radius 1 is 1.39 bits per heavy atom. The highest BCUT2D eigenvalue weighted by Gasteiger charge is 2.11. The zero-order chi connectivity index (χ0) is 13.4. The molecule has 1 aromatic heterocycles. The van der Waals surface area contributed by atoms with E-state index in [9.17, 15) is 4.79 Å². The molecule has 0 radical (unpaired) electrons. The van der Waals surface area contributed by atoms with Gasteiger partial charge in [-0.25, -0.2) is 0 Å². The van der Waals surface area contributed by atoms with E-state index in [1.54, 1.807) is 33.4 Å². The highest BCUT2D eigenvalue weighted by molar-refractivity contribution is 5.71. The number of hydrogen-bond donors (Lipinski definition) is 1. The lowest BCUT2D eigenvalue weighted by atomic mass is 10.3. The molecule has 1 heterocycles. The van der Waals surface area contributed by atoms with Gasteiger partial charge in [0.05, 0.1) is 33.1 Å². The number of nitrogens with one attached hydrogen (secondary N) is 1. The maximum Gasteiger partial charge on any atom is 0.319 e. The predicted molar refractivity (Wildman–Crippen MR) is 65.7 cm³/mol. The highest BCUT2D eigenvalue weighted by Crippen LogP contribution is 2.28. The number of rotatable bonds is 7. The molecule has 18 heavy (non-hydrogen) atoms. The largest absolute Gasteiger partial charge is 0.493 e. The van der Waals surface area contributed by atoms with Crippen molar-refractivity contribution < 1.29 is 19.0 Å². The number of nitrogens with zero attached hydrogens (tertiary/aromatic N) is 1. The van der Waals surface area contributed by atoms with Crippen LogP contribution in [-0.4, -0.2) is 38.3 Å². The molecule has 0 aliphatic carbocycles. The minimum atomic E-state index is -0.292. The van der Waals surface area contributed by atoms with Gasteiger partial charge in [0.1, 0.15) is 0 Å². The van der Waals surface area contributed by atoms with Gasteiger partial charge < -0.3 is 19.5 Å². The van der Waals surface area contributed by atoms with Crippen molar-refractivity contribution in [2.24, 2.45) is 0 Å². The summed E-state index contributed by atoms with van der Waals surface area (Å²) < 4.78 is 15.2. The van der Waals surface area contributed by atoms with Gasteiger partial charge in [-0.05, 0) is 6.92 Å². The standard InChI is InChI=1S/C12H18N2O4/c1-4-18-11(15)8-13-7-9-12(17-3)10(16-2)5-6-14-9/h5-6,13H,4,7-8H2,1-3H3. The third-order valence-electron chi connectivity index (χ3n) is 2.23. The van der Waals surface area contributed by atoms with Crippen molar-refractivity contribution in [2.75, 3.05) is 27.4 Å². The van der Waals surface area contributed by atoms with Gasteiger partial charge in [-0.15, -0.1) is 0 Å². The average Bonchev–Trinajstić information content (AvgIpc) is 2.38. The van der Waals surface area contributed by atoms with Crippen molar-refractivity contribution in [1.82, 2.24) is 10.3 Å². The molecular weight excluding hydrogens is 236 g/mol. The first kappa shape index (κ1) is 14.2. The van der Waals surface area contributed by atoms with E-state index in [0.29, 0.717) is 30.3 Å². The van der Waals surface area contributed by atoms with Crippen LogP contribution in [-0.2, 0) is 16.1 Å². The van der Waals surface area contributed by atoms with Crippen LogP contribution in [0, 0.1) is 0 Å². The zero-order valence-electron chi connectivity index (χ0n) is 10.9. The Hall–Kier alpha value is -1.82. The molecule has 0 spiro atoms. The average molecular weight is 254 g/mol. The van der Waals surface area contributed by atoms with Crippen molar-refractivity contribution in [1.29, 1.82) is 0 Å². The number of pyridine rings is 1. The normalized spacial score (nSPS) is 9.94. The number of aromatic nitrogens is 1. The summed E-state index contributed by atoms with van der Waals surface area (Å²) in [5.74, 6) is 0.885. The van der Waals surface area contributed by atoms with Crippen LogP contribution in [0.2, 0.25) is 0 Å². The number of hydrogen-bond acceptors (Lipinski definition) is 6. The molecule has 0 saturated heterocycles. The fourth-order valence-corrected chi connectivity index (χ4v) is 1.47. The van der Waals surface area contributed by atoms with E-state index in [-0.39, 0.29) is 12.5 Å². The summed E-state index contributed by atoms with van der Waals surface area (Å²) in [6, 6.07) is 1.72. The van der Waals surface area contributed by atoms with Crippen molar-refractivity contribution in [2.45, 2.75) is 13.5 Å². The summed E-state index contributed by atoms with van der Waals surface area (Å²) in [6.45, 7) is 2.68. The molecule has 0 bridgehead atoms. The Morgan fingerprint density at radius 3 is 2.78 bits per heavy atom. The molecule has 100 valence electrons. The zero-order valence-corrected chi connectivity index (χ0v) is 10.9. The Balaban J connectivity index is 2.59. The fourth-order valence-electron chi connectivity index (χ4n) is 1.47. The van der Waals surface area contributed by atoms with Crippen LogP contribution < -0.4 is 14.8 Å². The maximum atomic E-state index is 11.1. The van der Waals surface area contributed by atoms with Gasteiger partial charge in [-0.2, -0.15) is 0 Å². The highest BCUT2D eigenvalue weighted by atomic mass is 16.5. The number of methoxy groups -OCH3 is 2. The van der Waals surface area contributed by atoms with Crippen molar-refractivity contribution in [3.05, 3.63) is 18.0 Å². The Morgan fingerprint density at radius 2 is 2.17 bits per heavy atom. The molecule has 6 heteroatoms. The SMILES string of the molecule is CCOC(=O)CNCc1nccc(OC)c1OC. The van der Waals surface area contributed by atoms with E-state index in [1.807, 2.05) is 0 Å². The van der Waals surface area contributed by atoms with Crippen molar-refractivity contribution >= 4 is 5.97 Å². The molecule has 0 amide bonds. The van der Waals surface area contributed by atoms with E-state index in [2.05, 4.69) is 10.3 Å². The second-order valence-corrected chi connectivity index (χ2v) is 3.40. The monoisotopic (exact) mass is 254 g/mol. The predicted octanol–water partition coefficient (Wildman–Crippen LogP) is 0.751. The minimum absolute atomic E-state index is 0.135. The molecule has 1 aromatic rings. The molecule has 0 fully saturated rings. The van der Waals surface area contributed by atoms with Gasteiger partial charge in [0, 0.05) is 18.8 Å². The Bertz CT molecular complexity index is 396. The molecule has 0 aliphatic rings. The topological polar surface area (TPSA) is 69.7 Å². The number of carbonyl (C=O) groups is 1. The maximum absolute atomic E-state index is 11.1. The Kier molecular flexibility index (Phi) is 5.93. The second kappa shape index (κ2) is 7.50. The van der Waals surface area contributed by atoms with Crippen molar-refractivity contribution in [3.63, 3.8) is 0 Å². The van der Waals surface area contributed by atoms with Gasteiger partial charge in [-0.1, -0.05) is 0 Å². The van der Waals surface area contributed by atoms with E-state index in [1.165, 1.54) is 0 Å². The summed E-state index contributed by atoms with van der Waals surface area (Å²) in [5.41, 5.74) is 0.682. The van der Waals surface area contributed by atoms with Gasteiger partial charge in [0.2, 0.25) is 0 Å². The first-order valence-corrected chi connectivity index (χ1v) is 5.65. The van der Waals surface area contributed by atoms with Gasteiger partial charge >= 0.3 is 5.97 Å². The van der Waals surface area contributed by atoms with E-state index in [4.69, 9.17) is 14.2 Å². The smallest absolute Gasteiger partial charge is 0.319 e. The summed E-state index contributed by atoms with van der Waals surface area (Å²) in [5, 5.41) is 2.94. The fraction of sp³-hybridized carbons (Fsp3) is 0.500. The lowest BCUT2D eigenvalue weighted by Gasteiger charge is -2.11. The van der Waals surface area contributed by atoms with Crippen LogP contribution in [0.15, 0.2) is 12.3 Å². The van der Waals surface area contributed by atoms with Crippen LogP contribution in [0.4, 0.5) is 0 Å². The molecular formula is C12H18N2O4. The van der Waals surface area contributed by atoms with Crippen LogP contribution >= 0.6 is 0 Å². The summed E-state index contributed by atoms with van der Waals surface area (Å²) >= 11 is 0. The lowest BCUT2D eigenvalue weighted by molar-refractivity contribution is -0.142. The third kappa shape index (κ3) is 3.89.